The Labute approximate surface area is 51.9 Å². The minimum absolute atomic E-state index is 0.116. The van der Waals surface area contributed by atoms with Crippen LogP contribution in [0.15, 0.2) is 6.33 Å². The van der Waals surface area contributed by atoms with Crippen molar-refractivity contribution in [3.05, 3.63) is 12.2 Å². The van der Waals surface area contributed by atoms with E-state index in [-0.39, 0.29) is 6.61 Å². The second-order valence-corrected chi connectivity index (χ2v) is 1.66. The van der Waals surface area contributed by atoms with E-state index >= 15 is 0 Å². The zero-order valence-corrected chi connectivity index (χ0v) is 4.78. The molecule has 1 atom stereocenters. The Kier molecular flexibility index (Phi) is 1.76. The smallest absolute Gasteiger partial charge is 0.143 e. The summed E-state index contributed by atoms with van der Waals surface area (Å²) >= 11 is 0. The van der Waals surface area contributed by atoms with Crippen molar-refractivity contribution in [2.24, 2.45) is 5.73 Å². The maximum absolute atomic E-state index is 8.49. The summed E-state index contributed by atoms with van der Waals surface area (Å²) in [4.78, 5) is 3.74. The van der Waals surface area contributed by atoms with Crippen molar-refractivity contribution in [1.82, 2.24) is 15.2 Å². The van der Waals surface area contributed by atoms with Crippen molar-refractivity contribution < 1.29 is 5.11 Å². The van der Waals surface area contributed by atoms with Gasteiger partial charge in [0.05, 0.1) is 12.6 Å². The number of H-pyrrole nitrogens is 1. The summed E-state index contributed by atoms with van der Waals surface area (Å²) in [5, 5.41) is 14.6. The first-order valence-electron chi connectivity index (χ1n) is 2.56. The van der Waals surface area contributed by atoms with E-state index in [1.54, 1.807) is 0 Å². The molecule has 0 aliphatic heterocycles. The standard InChI is InChI=1S/C4H8N4O/c5-3(1-9)4-6-2-7-8-4/h2-3,9H,1,5H2,(H,6,7,8)/t3-/m0/s1. The van der Waals surface area contributed by atoms with Crippen molar-refractivity contribution in [2.45, 2.75) is 6.04 Å². The van der Waals surface area contributed by atoms with E-state index in [1.807, 2.05) is 0 Å². The van der Waals surface area contributed by atoms with E-state index < -0.39 is 6.04 Å². The summed E-state index contributed by atoms with van der Waals surface area (Å²) in [7, 11) is 0. The first kappa shape index (κ1) is 6.18. The molecule has 50 valence electrons. The van der Waals surface area contributed by atoms with Crippen molar-refractivity contribution in [3.8, 4) is 0 Å². The molecule has 0 amide bonds. The predicted molar refractivity (Wildman–Crippen MR) is 30.4 cm³/mol. The normalized spacial score (nSPS) is 13.6. The van der Waals surface area contributed by atoms with Gasteiger partial charge < -0.3 is 10.8 Å². The Balaban J connectivity index is 2.65. The van der Waals surface area contributed by atoms with E-state index in [9.17, 15) is 0 Å². The summed E-state index contributed by atoms with van der Waals surface area (Å²) in [5.41, 5.74) is 5.35. The maximum atomic E-state index is 8.49. The zero-order chi connectivity index (χ0) is 6.69. The van der Waals surface area contributed by atoms with Gasteiger partial charge in [0.2, 0.25) is 0 Å². The molecule has 0 unspecified atom stereocenters. The number of aliphatic hydroxyl groups is 1. The fraction of sp³-hybridized carbons (Fsp3) is 0.500. The average Bonchev–Trinajstić information content (AvgIpc) is 2.37. The molecule has 4 N–H and O–H groups in total. The fourth-order valence-electron chi connectivity index (χ4n) is 0.480. The molecular weight excluding hydrogens is 120 g/mol. The second kappa shape index (κ2) is 2.56. The number of aromatic amines is 1. The van der Waals surface area contributed by atoms with Gasteiger partial charge in [-0.15, -0.1) is 0 Å². The summed E-state index contributed by atoms with van der Waals surface area (Å²) < 4.78 is 0. The van der Waals surface area contributed by atoms with Crippen molar-refractivity contribution in [3.63, 3.8) is 0 Å². The number of nitrogens with two attached hydrogens (primary N) is 1. The lowest BCUT2D eigenvalue weighted by molar-refractivity contribution is 0.263. The van der Waals surface area contributed by atoms with Gasteiger partial charge in [-0.3, -0.25) is 5.10 Å². The van der Waals surface area contributed by atoms with Gasteiger partial charge >= 0.3 is 0 Å². The minimum atomic E-state index is -0.438. The Bertz CT molecular complexity index is 161. The lowest BCUT2D eigenvalue weighted by Gasteiger charge is -2.00. The number of nitrogens with zero attached hydrogens (tertiary/aromatic N) is 2. The van der Waals surface area contributed by atoms with Gasteiger partial charge in [-0.2, -0.15) is 5.10 Å². The molecular formula is C4H8N4O. The molecule has 0 bridgehead atoms. The first-order valence-corrected chi connectivity index (χ1v) is 2.56. The number of aromatic nitrogens is 3. The van der Waals surface area contributed by atoms with E-state index in [1.165, 1.54) is 6.33 Å². The molecule has 0 aliphatic carbocycles. The van der Waals surface area contributed by atoms with Crippen LogP contribution in [0.3, 0.4) is 0 Å². The van der Waals surface area contributed by atoms with Gasteiger partial charge in [0, 0.05) is 0 Å². The number of nitrogens with one attached hydrogen (secondary N) is 1. The van der Waals surface area contributed by atoms with Gasteiger partial charge in [-0.1, -0.05) is 0 Å². The number of rotatable bonds is 2. The van der Waals surface area contributed by atoms with Crippen LogP contribution in [-0.4, -0.2) is 26.9 Å². The molecule has 5 heteroatoms. The van der Waals surface area contributed by atoms with Crippen molar-refractivity contribution in [1.29, 1.82) is 0 Å². The molecule has 1 heterocycles. The van der Waals surface area contributed by atoms with Crippen LogP contribution in [0.4, 0.5) is 0 Å². The van der Waals surface area contributed by atoms with Crippen molar-refractivity contribution >= 4 is 0 Å². The first-order chi connectivity index (χ1) is 4.34. The number of hydrogen-bond acceptors (Lipinski definition) is 4. The quantitative estimate of drug-likeness (QED) is 0.466. The zero-order valence-electron chi connectivity index (χ0n) is 4.78. The Morgan fingerprint density at radius 3 is 3.11 bits per heavy atom. The third-order valence-corrected chi connectivity index (χ3v) is 0.982. The van der Waals surface area contributed by atoms with Crippen LogP contribution in [0.25, 0.3) is 0 Å². The molecule has 0 fully saturated rings. The van der Waals surface area contributed by atoms with E-state index in [2.05, 4.69) is 15.2 Å². The van der Waals surface area contributed by atoms with Crippen LogP contribution in [0.5, 0.6) is 0 Å². The Morgan fingerprint density at radius 2 is 2.67 bits per heavy atom. The molecule has 0 spiro atoms. The Morgan fingerprint density at radius 1 is 1.89 bits per heavy atom. The lowest BCUT2D eigenvalue weighted by Crippen LogP contribution is -2.15. The van der Waals surface area contributed by atoms with Gasteiger partial charge in [0.15, 0.2) is 0 Å². The number of hydrogen-bond donors (Lipinski definition) is 3. The fourth-order valence-corrected chi connectivity index (χ4v) is 0.480. The highest BCUT2D eigenvalue weighted by Crippen LogP contribution is 1.97. The molecule has 0 aromatic carbocycles. The summed E-state index contributed by atoms with van der Waals surface area (Å²) in [6.45, 7) is -0.116. The molecule has 1 rings (SSSR count). The minimum Gasteiger partial charge on any atom is -0.394 e. The third kappa shape index (κ3) is 1.24. The highest BCUT2D eigenvalue weighted by atomic mass is 16.3. The van der Waals surface area contributed by atoms with Gasteiger partial charge in [-0.05, 0) is 0 Å². The topological polar surface area (TPSA) is 87.8 Å². The lowest BCUT2D eigenvalue weighted by atomic mass is 10.3. The second-order valence-electron chi connectivity index (χ2n) is 1.66. The van der Waals surface area contributed by atoms with Crippen LogP contribution in [0.2, 0.25) is 0 Å². The molecule has 0 saturated heterocycles. The molecule has 1 aromatic rings. The predicted octanol–water partition coefficient (Wildman–Crippen LogP) is -1.20. The van der Waals surface area contributed by atoms with Crippen LogP contribution >= 0.6 is 0 Å². The van der Waals surface area contributed by atoms with Crippen LogP contribution in [0, 0.1) is 0 Å². The molecule has 9 heavy (non-hydrogen) atoms. The Hall–Kier alpha value is -0.940. The molecule has 5 nitrogen and oxygen atoms in total. The summed E-state index contributed by atoms with van der Waals surface area (Å²) in [6.07, 6.45) is 1.35. The van der Waals surface area contributed by atoms with Crippen LogP contribution < -0.4 is 5.73 Å². The summed E-state index contributed by atoms with van der Waals surface area (Å²) in [5.74, 6) is 0.512. The van der Waals surface area contributed by atoms with E-state index in [0.29, 0.717) is 5.82 Å². The highest BCUT2D eigenvalue weighted by Gasteiger charge is 2.04. The number of aliphatic hydroxyl groups excluding tert-OH is 1. The third-order valence-electron chi connectivity index (χ3n) is 0.982. The molecule has 0 radical (unpaired) electrons. The highest BCUT2D eigenvalue weighted by molar-refractivity contribution is 4.88. The molecule has 1 aromatic heterocycles. The molecule has 0 saturated carbocycles. The monoisotopic (exact) mass is 128 g/mol. The maximum Gasteiger partial charge on any atom is 0.143 e. The van der Waals surface area contributed by atoms with Gasteiger partial charge in [-0.25, -0.2) is 4.98 Å². The van der Waals surface area contributed by atoms with Crippen molar-refractivity contribution in [2.75, 3.05) is 6.61 Å². The van der Waals surface area contributed by atoms with E-state index in [0.717, 1.165) is 0 Å². The van der Waals surface area contributed by atoms with Gasteiger partial charge in [0.25, 0.3) is 0 Å². The average molecular weight is 128 g/mol. The van der Waals surface area contributed by atoms with E-state index in [4.69, 9.17) is 10.8 Å². The SMILES string of the molecule is N[C@@H](CO)c1ncn[nH]1. The molecule has 0 aliphatic rings. The van der Waals surface area contributed by atoms with Crippen LogP contribution in [0.1, 0.15) is 11.9 Å². The van der Waals surface area contributed by atoms with Crippen LogP contribution in [-0.2, 0) is 0 Å². The summed E-state index contributed by atoms with van der Waals surface area (Å²) in [6, 6.07) is -0.438. The largest absolute Gasteiger partial charge is 0.394 e. The van der Waals surface area contributed by atoms with Gasteiger partial charge in [0.1, 0.15) is 12.2 Å².